The molecule has 1 N–H and O–H groups in total. The number of nitrogens with zero attached hydrogens (tertiary/aromatic N) is 3. The molecule has 0 radical (unpaired) electrons. The number of hydrogen-bond donors (Lipinski definition) is 1. The molecule has 0 aromatic carbocycles. The smallest absolute Gasteiger partial charge is 0.317 e. The van der Waals surface area contributed by atoms with Crippen molar-refractivity contribution in [3.8, 4) is 0 Å². The second kappa shape index (κ2) is 7.30. The van der Waals surface area contributed by atoms with Gasteiger partial charge in [-0.3, -0.25) is 0 Å². The van der Waals surface area contributed by atoms with Crippen molar-refractivity contribution in [3.63, 3.8) is 0 Å². The van der Waals surface area contributed by atoms with Crippen molar-refractivity contribution in [2.24, 2.45) is 5.92 Å². The average molecular weight is 349 g/mol. The number of carbonyl (C=O) groups excluding carboxylic acids is 1. The fourth-order valence-electron chi connectivity index (χ4n) is 4.52. The van der Waals surface area contributed by atoms with E-state index in [4.69, 9.17) is 4.98 Å². The molecule has 0 bridgehead atoms. The van der Waals surface area contributed by atoms with Gasteiger partial charge in [0.05, 0.1) is 5.69 Å². The first kappa shape index (κ1) is 16.2. The van der Waals surface area contributed by atoms with Gasteiger partial charge in [0.15, 0.2) is 5.13 Å². The van der Waals surface area contributed by atoms with E-state index >= 15 is 0 Å². The van der Waals surface area contributed by atoms with E-state index in [1.165, 1.54) is 44.9 Å². The number of fused-ring (bicyclic) bond motifs is 1. The lowest BCUT2D eigenvalue weighted by Crippen LogP contribution is -2.45. The fourth-order valence-corrected chi connectivity index (χ4v) is 5.44. The summed E-state index contributed by atoms with van der Waals surface area (Å²) < 4.78 is 0. The molecule has 2 aliphatic heterocycles. The summed E-state index contributed by atoms with van der Waals surface area (Å²) in [6, 6.07) is 0.638. The highest BCUT2D eigenvalue weighted by Gasteiger charge is 2.37. The predicted octanol–water partition coefficient (Wildman–Crippen LogP) is 3.26. The summed E-state index contributed by atoms with van der Waals surface area (Å²) >= 11 is 1.74. The monoisotopic (exact) mass is 348 g/mol. The molecule has 0 spiro atoms. The maximum Gasteiger partial charge on any atom is 0.317 e. The molecule has 1 aliphatic carbocycles. The van der Waals surface area contributed by atoms with E-state index in [1.54, 1.807) is 11.3 Å². The Balaban J connectivity index is 1.24. The Bertz CT molecular complexity index is 569. The van der Waals surface area contributed by atoms with Crippen LogP contribution < -0.4 is 10.2 Å². The average Bonchev–Trinajstić information content (AvgIpc) is 3.34. The van der Waals surface area contributed by atoms with Crippen LogP contribution in [0.3, 0.4) is 0 Å². The molecular formula is C18H28N4OS. The van der Waals surface area contributed by atoms with E-state index < -0.39 is 0 Å². The third-order valence-electron chi connectivity index (χ3n) is 5.84. The molecule has 1 saturated carbocycles. The number of amides is 2. The zero-order valence-corrected chi connectivity index (χ0v) is 15.2. The molecule has 1 aromatic rings. The molecule has 1 aromatic heterocycles. The summed E-state index contributed by atoms with van der Waals surface area (Å²) in [5.74, 6) is 0.756. The summed E-state index contributed by atoms with van der Waals surface area (Å²) in [5, 5.41) is 6.42. The molecule has 2 atom stereocenters. The van der Waals surface area contributed by atoms with Gasteiger partial charge in [-0.2, -0.15) is 0 Å². The van der Waals surface area contributed by atoms with E-state index in [-0.39, 0.29) is 6.03 Å². The number of rotatable bonds is 4. The van der Waals surface area contributed by atoms with Gasteiger partial charge < -0.3 is 15.1 Å². The number of anilines is 1. The molecule has 6 heteroatoms. The first-order valence-electron chi connectivity index (χ1n) is 9.55. The van der Waals surface area contributed by atoms with E-state index in [0.717, 1.165) is 42.8 Å². The van der Waals surface area contributed by atoms with Crippen molar-refractivity contribution in [2.45, 2.75) is 57.4 Å². The normalized spacial score (nSPS) is 26.7. The summed E-state index contributed by atoms with van der Waals surface area (Å²) in [6.45, 7) is 3.91. The second-order valence-electron chi connectivity index (χ2n) is 7.39. The lowest BCUT2D eigenvalue weighted by Gasteiger charge is -2.31. The highest BCUT2D eigenvalue weighted by atomic mass is 32.1. The van der Waals surface area contributed by atoms with Crippen LogP contribution in [0.4, 0.5) is 9.93 Å². The van der Waals surface area contributed by atoms with Gasteiger partial charge >= 0.3 is 6.03 Å². The largest absolute Gasteiger partial charge is 0.348 e. The van der Waals surface area contributed by atoms with Crippen molar-refractivity contribution in [1.29, 1.82) is 0 Å². The van der Waals surface area contributed by atoms with Crippen LogP contribution in [0.1, 0.15) is 50.6 Å². The standard InChI is InChI=1S/C18H28N4OS/c23-17(22-12-8-14-5-1-2-6-16(14)22)19-9-7-15-13-24-18(20-15)21-10-3-4-11-21/h13-14,16H,1-12H2,(H,19,23)/t14-,16-/m1/s1. The Morgan fingerprint density at radius 3 is 2.88 bits per heavy atom. The number of hydrogen-bond acceptors (Lipinski definition) is 4. The molecule has 3 heterocycles. The lowest BCUT2D eigenvalue weighted by atomic mass is 9.85. The van der Waals surface area contributed by atoms with E-state index in [1.807, 2.05) is 0 Å². The summed E-state index contributed by atoms with van der Waals surface area (Å²) in [5.41, 5.74) is 1.11. The minimum atomic E-state index is 0.138. The summed E-state index contributed by atoms with van der Waals surface area (Å²) in [6.07, 6.45) is 9.73. The SMILES string of the molecule is O=C(NCCc1csc(N2CCCC2)n1)N1CC[C@H]2CCCC[C@H]21. The predicted molar refractivity (Wildman–Crippen MR) is 97.7 cm³/mol. The van der Waals surface area contributed by atoms with Gasteiger partial charge in [0.1, 0.15) is 0 Å². The van der Waals surface area contributed by atoms with Crippen LogP contribution in [-0.2, 0) is 6.42 Å². The van der Waals surface area contributed by atoms with Crippen LogP contribution in [0.5, 0.6) is 0 Å². The molecule has 24 heavy (non-hydrogen) atoms. The van der Waals surface area contributed by atoms with Crippen LogP contribution in [0.15, 0.2) is 5.38 Å². The zero-order valence-electron chi connectivity index (χ0n) is 14.4. The molecule has 4 rings (SSSR count). The Morgan fingerprint density at radius 2 is 2.00 bits per heavy atom. The highest BCUT2D eigenvalue weighted by molar-refractivity contribution is 7.13. The molecule has 5 nitrogen and oxygen atoms in total. The van der Waals surface area contributed by atoms with Crippen molar-refractivity contribution < 1.29 is 4.79 Å². The Labute approximate surface area is 148 Å². The molecule has 3 fully saturated rings. The highest BCUT2D eigenvalue weighted by Crippen LogP contribution is 2.36. The van der Waals surface area contributed by atoms with Crippen molar-refractivity contribution in [1.82, 2.24) is 15.2 Å². The number of aromatic nitrogens is 1. The van der Waals surface area contributed by atoms with E-state index in [2.05, 4.69) is 20.5 Å². The van der Waals surface area contributed by atoms with Crippen LogP contribution in [0.25, 0.3) is 0 Å². The van der Waals surface area contributed by atoms with Crippen molar-refractivity contribution in [3.05, 3.63) is 11.1 Å². The fraction of sp³-hybridized carbons (Fsp3) is 0.778. The quantitative estimate of drug-likeness (QED) is 0.908. The number of thiazole rings is 1. The van der Waals surface area contributed by atoms with Crippen molar-refractivity contribution >= 4 is 22.5 Å². The zero-order chi connectivity index (χ0) is 16.4. The first-order valence-corrected chi connectivity index (χ1v) is 10.4. The maximum absolute atomic E-state index is 12.5. The number of urea groups is 1. The van der Waals surface area contributed by atoms with Gasteiger partial charge in [0.2, 0.25) is 0 Å². The molecule has 3 aliphatic rings. The molecule has 0 unspecified atom stereocenters. The Hall–Kier alpha value is -1.30. The van der Waals surface area contributed by atoms with Gasteiger partial charge in [-0.25, -0.2) is 9.78 Å². The van der Waals surface area contributed by atoms with Gasteiger partial charge in [-0.15, -0.1) is 11.3 Å². The Kier molecular flexibility index (Phi) is 4.92. The van der Waals surface area contributed by atoms with Gasteiger partial charge in [0.25, 0.3) is 0 Å². The van der Waals surface area contributed by atoms with Crippen LogP contribution >= 0.6 is 11.3 Å². The van der Waals surface area contributed by atoms with Gasteiger partial charge in [-0.1, -0.05) is 12.8 Å². The molecular weight excluding hydrogens is 320 g/mol. The maximum atomic E-state index is 12.5. The number of carbonyl (C=O) groups is 1. The van der Waals surface area contributed by atoms with Crippen LogP contribution in [-0.4, -0.2) is 48.1 Å². The number of likely N-dealkylation sites (tertiary alicyclic amines) is 1. The third kappa shape index (κ3) is 3.39. The molecule has 2 amide bonds. The van der Waals surface area contributed by atoms with E-state index in [9.17, 15) is 4.79 Å². The van der Waals surface area contributed by atoms with Crippen LogP contribution in [0, 0.1) is 5.92 Å². The first-order chi connectivity index (χ1) is 11.8. The van der Waals surface area contributed by atoms with Gasteiger partial charge in [-0.05, 0) is 38.0 Å². The van der Waals surface area contributed by atoms with Crippen LogP contribution in [0.2, 0.25) is 0 Å². The number of nitrogens with one attached hydrogen (secondary N) is 1. The Morgan fingerprint density at radius 1 is 1.17 bits per heavy atom. The molecule has 2 saturated heterocycles. The topological polar surface area (TPSA) is 48.5 Å². The summed E-state index contributed by atoms with van der Waals surface area (Å²) in [7, 11) is 0. The minimum Gasteiger partial charge on any atom is -0.348 e. The molecule has 132 valence electrons. The van der Waals surface area contributed by atoms with E-state index in [0.29, 0.717) is 12.6 Å². The van der Waals surface area contributed by atoms with Gasteiger partial charge in [0, 0.05) is 44.0 Å². The summed E-state index contributed by atoms with van der Waals surface area (Å²) in [4.78, 5) is 21.7. The second-order valence-corrected chi connectivity index (χ2v) is 8.23. The lowest BCUT2D eigenvalue weighted by molar-refractivity contribution is 0.170. The minimum absolute atomic E-state index is 0.138. The van der Waals surface area contributed by atoms with Crippen molar-refractivity contribution in [2.75, 3.05) is 31.1 Å². The third-order valence-corrected chi connectivity index (χ3v) is 6.79.